The van der Waals surface area contributed by atoms with E-state index in [0.29, 0.717) is 12.2 Å². The number of hydrogen-bond donors (Lipinski definition) is 1. The van der Waals surface area contributed by atoms with Gasteiger partial charge in [0.15, 0.2) is 22.7 Å². The third-order valence-corrected chi connectivity index (χ3v) is 3.89. The Labute approximate surface area is 159 Å². The van der Waals surface area contributed by atoms with Crippen LogP contribution in [0.1, 0.15) is 18.3 Å². The number of imidazole rings is 1. The number of aromatic amines is 1. The van der Waals surface area contributed by atoms with Crippen LogP contribution in [0.3, 0.4) is 0 Å². The van der Waals surface area contributed by atoms with E-state index in [1.807, 2.05) is 30.3 Å². The molecule has 0 unspecified atom stereocenters. The topological polar surface area (TPSA) is 116 Å². The molecular formula is C19H18N4O5. The minimum atomic E-state index is -1.03. The van der Waals surface area contributed by atoms with Crippen LogP contribution in [0.4, 0.5) is 0 Å². The van der Waals surface area contributed by atoms with E-state index in [-0.39, 0.29) is 23.7 Å². The van der Waals surface area contributed by atoms with Gasteiger partial charge in [0.05, 0.1) is 26.6 Å². The normalized spacial score (nSPS) is 11.4. The highest BCUT2D eigenvalue weighted by atomic mass is 16.5. The Bertz CT molecular complexity index is 1100. The van der Waals surface area contributed by atoms with Crippen molar-refractivity contribution in [1.29, 1.82) is 0 Å². The van der Waals surface area contributed by atoms with E-state index in [2.05, 4.69) is 19.7 Å². The SMILES string of the molecule is CCOC(=CC(=O)C(=O)OC)c1nc2c(=O)[nH]cnc2n1Cc1ccccc1. The molecule has 3 rings (SSSR count). The minimum Gasteiger partial charge on any atom is -0.490 e. The lowest BCUT2D eigenvalue weighted by Crippen LogP contribution is -2.15. The lowest BCUT2D eigenvalue weighted by Gasteiger charge is -2.12. The second-order valence-corrected chi connectivity index (χ2v) is 5.71. The Morgan fingerprint density at radius 3 is 2.68 bits per heavy atom. The fourth-order valence-corrected chi connectivity index (χ4v) is 2.66. The van der Waals surface area contributed by atoms with Gasteiger partial charge < -0.3 is 19.0 Å². The van der Waals surface area contributed by atoms with Crippen LogP contribution in [0.5, 0.6) is 0 Å². The van der Waals surface area contributed by atoms with Crippen molar-refractivity contribution in [2.24, 2.45) is 0 Å². The van der Waals surface area contributed by atoms with Gasteiger partial charge in [-0.1, -0.05) is 30.3 Å². The quantitative estimate of drug-likeness (QED) is 0.283. The first-order chi connectivity index (χ1) is 13.5. The summed E-state index contributed by atoms with van der Waals surface area (Å²) in [6, 6.07) is 9.47. The van der Waals surface area contributed by atoms with Crippen molar-refractivity contribution in [3.05, 3.63) is 64.5 Å². The standard InChI is InChI=1S/C19H18N4O5/c1-3-28-14(9-13(24)19(26)27-2)16-22-15-17(20-11-21-18(15)25)23(16)10-12-7-5-4-6-8-12/h4-9,11H,3,10H2,1-2H3,(H,20,21,25). The maximum atomic E-state index is 12.2. The number of benzene rings is 1. The third-order valence-electron chi connectivity index (χ3n) is 3.89. The molecule has 2 aromatic heterocycles. The molecule has 0 spiro atoms. The molecule has 0 saturated carbocycles. The zero-order valence-corrected chi connectivity index (χ0v) is 15.3. The summed E-state index contributed by atoms with van der Waals surface area (Å²) < 4.78 is 11.7. The zero-order valence-electron chi connectivity index (χ0n) is 15.3. The van der Waals surface area contributed by atoms with Crippen molar-refractivity contribution in [2.75, 3.05) is 13.7 Å². The average Bonchev–Trinajstić information content (AvgIpc) is 3.07. The summed E-state index contributed by atoms with van der Waals surface area (Å²) in [4.78, 5) is 46.7. The molecule has 0 amide bonds. The van der Waals surface area contributed by atoms with E-state index in [1.165, 1.54) is 6.33 Å². The number of methoxy groups -OCH3 is 1. The molecule has 9 nitrogen and oxygen atoms in total. The first kappa shape index (κ1) is 19.0. The van der Waals surface area contributed by atoms with Crippen molar-refractivity contribution in [3.8, 4) is 0 Å². The Morgan fingerprint density at radius 1 is 1.25 bits per heavy atom. The number of ketones is 1. The van der Waals surface area contributed by atoms with Crippen molar-refractivity contribution >= 4 is 28.7 Å². The second kappa shape index (κ2) is 8.30. The predicted octanol–water partition coefficient (Wildman–Crippen LogP) is 1.29. The highest BCUT2D eigenvalue weighted by Gasteiger charge is 2.22. The molecule has 0 bridgehead atoms. The summed E-state index contributed by atoms with van der Waals surface area (Å²) in [6.45, 7) is 2.28. The van der Waals surface area contributed by atoms with Crippen molar-refractivity contribution in [3.63, 3.8) is 0 Å². The van der Waals surface area contributed by atoms with E-state index in [1.54, 1.807) is 11.5 Å². The number of nitrogens with zero attached hydrogens (tertiary/aromatic N) is 3. The van der Waals surface area contributed by atoms with E-state index < -0.39 is 17.3 Å². The Kier molecular flexibility index (Phi) is 5.64. The Hall–Kier alpha value is -3.75. The molecule has 0 aliphatic heterocycles. The Morgan fingerprint density at radius 2 is 2.00 bits per heavy atom. The molecule has 1 N–H and O–H groups in total. The van der Waals surface area contributed by atoms with Crippen LogP contribution in [-0.2, 0) is 25.6 Å². The molecule has 0 fully saturated rings. The molecule has 144 valence electrons. The van der Waals surface area contributed by atoms with Gasteiger partial charge in [-0.2, -0.15) is 0 Å². The monoisotopic (exact) mass is 382 g/mol. The molecule has 9 heteroatoms. The Balaban J connectivity index is 2.19. The molecule has 3 aromatic rings. The van der Waals surface area contributed by atoms with Gasteiger partial charge in [0.25, 0.3) is 11.3 Å². The number of nitrogens with one attached hydrogen (secondary N) is 1. The van der Waals surface area contributed by atoms with Gasteiger partial charge in [-0.05, 0) is 12.5 Å². The average molecular weight is 382 g/mol. The van der Waals surface area contributed by atoms with Crippen LogP contribution in [0.2, 0.25) is 0 Å². The first-order valence-electron chi connectivity index (χ1n) is 8.50. The fourth-order valence-electron chi connectivity index (χ4n) is 2.66. The maximum absolute atomic E-state index is 12.2. The van der Waals surface area contributed by atoms with Gasteiger partial charge in [-0.3, -0.25) is 9.59 Å². The second-order valence-electron chi connectivity index (χ2n) is 5.71. The molecule has 0 atom stereocenters. The molecule has 28 heavy (non-hydrogen) atoms. The van der Waals surface area contributed by atoms with Crippen LogP contribution in [0.15, 0.2) is 47.5 Å². The first-order valence-corrected chi connectivity index (χ1v) is 8.50. The number of esters is 1. The van der Waals surface area contributed by atoms with Crippen LogP contribution in [-0.4, -0.2) is 45.0 Å². The highest BCUT2D eigenvalue weighted by Crippen LogP contribution is 2.21. The number of carbonyl (C=O) groups is 2. The van der Waals surface area contributed by atoms with Gasteiger partial charge in [0, 0.05) is 6.08 Å². The molecule has 2 heterocycles. The maximum Gasteiger partial charge on any atom is 0.378 e. The zero-order chi connectivity index (χ0) is 20.1. The molecule has 0 saturated heterocycles. The van der Waals surface area contributed by atoms with Gasteiger partial charge in [0.1, 0.15) is 0 Å². The van der Waals surface area contributed by atoms with Crippen LogP contribution < -0.4 is 5.56 Å². The molecule has 1 aromatic carbocycles. The van der Waals surface area contributed by atoms with Gasteiger partial charge in [-0.25, -0.2) is 14.8 Å². The summed E-state index contributed by atoms with van der Waals surface area (Å²) >= 11 is 0. The number of aromatic nitrogens is 4. The summed E-state index contributed by atoms with van der Waals surface area (Å²) in [6.07, 6.45) is 2.29. The summed E-state index contributed by atoms with van der Waals surface area (Å²) in [5, 5.41) is 0. The summed E-state index contributed by atoms with van der Waals surface area (Å²) in [7, 11) is 1.11. The number of ether oxygens (including phenoxy) is 2. The molecular weight excluding hydrogens is 364 g/mol. The molecule has 0 radical (unpaired) electrons. The predicted molar refractivity (Wildman–Crippen MR) is 100 cm³/mol. The third kappa shape index (κ3) is 3.83. The summed E-state index contributed by atoms with van der Waals surface area (Å²) in [5.74, 6) is -1.67. The minimum absolute atomic E-state index is 0.0474. The van der Waals surface area contributed by atoms with E-state index in [9.17, 15) is 14.4 Å². The van der Waals surface area contributed by atoms with E-state index >= 15 is 0 Å². The smallest absolute Gasteiger partial charge is 0.378 e. The summed E-state index contributed by atoms with van der Waals surface area (Å²) in [5.41, 5.74) is 0.941. The van der Waals surface area contributed by atoms with Crippen LogP contribution >= 0.6 is 0 Å². The largest absolute Gasteiger partial charge is 0.490 e. The van der Waals surface area contributed by atoms with Crippen LogP contribution in [0.25, 0.3) is 16.9 Å². The van der Waals surface area contributed by atoms with Gasteiger partial charge in [0.2, 0.25) is 0 Å². The van der Waals surface area contributed by atoms with E-state index in [0.717, 1.165) is 18.7 Å². The van der Waals surface area contributed by atoms with Crippen LogP contribution in [0, 0.1) is 0 Å². The number of fused-ring (bicyclic) bond motifs is 1. The van der Waals surface area contributed by atoms with E-state index in [4.69, 9.17) is 4.74 Å². The highest BCUT2D eigenvalue weighted by molar-refractivity contribution is 6.39. The lowest BCUT2D eigenvalue weighted by molar-refractivity contribution is -0.149. The number of hydrogen-bond acceptors (Lipinski definition) is 7. The van der Waals surface area contributed by atoms with Gasteiger partial charge >= 0.3 is 5.97 Å². The van der Waals surface area contributed by atoms with Crippen molar-refractivity contribution in [2.45, 2.75) is 13.5 Å². The molecule has 0 aliphatic rings. The number of carbonyl (C=O) groups excluding carboxylic acids is 2. The van der Waals surface area contributed by atoms with Crippen molar-refractivity contribution < 1.29 is 19.1 Å². The van der Waals surface area contributed by atoms with Gasteiger partial charge in [-0.15, -0.1) is 0 Å². The number of H-pyrrole nitrogens is 1. The lowest BCUT2D eigenvalue weighted by atomic mass is 10.2. The fraction of sp³-hybridized carbons (Fsp3) is 0.211. The molecule has 0 aliphatic carbocycles. The van der Waals surface area contributed by atoms with Crippen molar-refractivity contribution in [1.82, 2.24) is 19.5 Å². The number of rotatable bonds is 7.